The minimum absolute atomic E-state index is 0.0140. The molecule has 0 spiro atoms. The number of urea groups is 1. The molecule has 0 aliphatic carbocycles. The SMILES string of the molecule is CCCCNC(=O)N(Cc1cccn1Cc1cccc(Cl)c1)C(C)C(C)C. The van der Waals surface area contributed by atoms with Gasteiger partial charge < -0.3 is 14.8 Å². The van der Waals surface area contributed by atoms with E-state index in [0.717, 1.165) is 42.2 Å². The molecule has 2 amide bonds. The van der Waals surface area contributed by atoms with Crippen molar-refractivity contribution in [1.29, 1.82) is 0 Å². The minimum Gasteiger partial charge on any atom is -0.345 e. The Labute approximate surface area is 168 Å². The number of halogens is 1. The first-order valence-corrected chi connectivity index (χ1v) is 10.2. The Morgan fingerprint density at radius 1 is 1.22 bits per heavy atom. The third-order valence-electron chi connectivity index (χ3n) is 5.02. The van der Waals surface area contributed by atoms with Crippen LogP contribution in [-0.4, -0.2) is 28.1 Å². The maximum absolute atomic E-state index is 12.8. The summed E-state index contributed by atoms with van der Waals surface area (Å²) < 4.78 is 2.19. The van der Waals surface area contributed by atoms with E-state index < -0.39 is 0 Å². The predicted octanol–water partition coefficient (Wildman–Crippen LogP) is 5.55. The van der Waals surface area contributed by atoms with Crippen LogP contribution in [0.2, 0.25) is 5.02 Å². The molecule has 1 heterocycles. The summed E-state index contributed by atoms with van der Waals surface area (Å²) in [4.78, 5) is 14.7. The van der Waals surface area contributed by atoms with Gasteiger partial charge >= 0.3 is 6.03 Å². The van der Waals surface area contributed by atoms with Gasteiger partial charge in [-0.15, -0.1) is 0 Å². The van der Waals surface area contributed by atoms with Crippen molar-refractivity contribution >= 4 is 17.6 Å². The van der Waals surface area contributed by atoms with Crippen LogP contribution < -0.4 is 5.32 Å². The molecule has 27 heavy (non-hydrogen) atoms. The van der Waals surface area contributed by atoms with E-state index in [1.165, 1.54) is 0 Å². The summed E-state index contributed by atoms with van der Waals surface area (Å²) in [5.74, 6) is 0.387. The molecule has 148 valence electrons. The van der Waals surface area contributed by atoms with Crippen molar-refractivity contribution in [2.24, 2.45) is 5.92 Å². The Kier molecular flexibility index (Phi) is 8.23. The standard InChI is InChI=1S/C22H32ClN3O/c1-5-6-12-24-22(27)26(18(4)17(2)3)16-21-11-8-13-25(21)15-19-9-7-10-20(23)14-19/h7-11,13-14,17-18H,5-6,12,15-16H2,1-4H3,(H,24,27). The smallest absolute Gasteiger partial charge is 0.318 e. The van der Waals surface area contributed by atoms with Gasteiger partial charge in [-0.2, -0.15) is 0 Å². The summed E-state index contributed by atoms with van der Waals surface area (Å²) in [6.45, 7) is 10.6. The summed E-state index contributed by atoms with van der Waals surface area (Å²) in [6, 6.07) is 12.2. The van der Waals surface area contributed by atoms with E-state index >= 15 is 0 Å². The molecule has 0 fully saturated rings. The second-order valence-corrected chi connectivity index (χ2v) is 7.89. The highest BCUT2D eigenvalue weighted by molar-refractivity contribution is 6.30. The third-order valence-corrected chi connectivity index (χ3v) is 5.26. The van der Waals surface area contributed by atoms with E-state index in [1.54, 1.807) is 0 Å². The lowest BCUT2D eigenvalue weighted by atomic mass is 10.0. The zero-order valence-corrected chi connectivity index (χ0v) is 17.7. The van der Waals surface area contributed by atoms with E-state index in [0.29, 0.717) is 12.5 Å². The summed E-state index contributed by atoms with van der Waals surface area (Å²) in [7, 11) is 0. The number of benzene rings is 1. The molecule has 2 rings (SSSR count). The van der Waals surface area contributed by atoms with Crippen LogP contribution >= 0.6 is 11.6 Å². The summed E-state index contributed by atoms with van der Waals surface area (Å²) in [5.41, 5.74) is 2.27. The fourth-order valence-electron chi connectivity index (χ4n) is 2.99. The largest absolute Gasteiger partial charge is 0.345 e. The minimum atomic E-state index is 0.0140. The fourth-order valence-corrected chi connectivity index (χ4v) is 3.20. The monoisotopic (exact) mass is 389 g/mol. The molecule has 0 aliphatic heterocycles. The van der Waals surface area contributed by atoms with Crippen LogP contribution in [0.3, 0.4) is 0 Å². The van der Waals surface area contributed by atoms with Crippen LogP contribution in [-0.2, 0) is 13.1 Å². The molecule has 4 nitrogen and oxygen atoms in total. The first-order valence-electron chi connectivity index (χ1n) is 9.85. The second kappa shape index (κ2) is 10.4. The average molecular weight is 390 g/mol. The maximum atomic E-state index is 12.8. The van der Waals surface area contributed by atoms with E-state index in [-0.39, 0.29) is 12.1 Å². The highest BCUT2D eigenvalue weighted by Gasteiger charge is 2.23. The summed E-state index contributed by atoms with van der Waals surface area (Å²) in [6.07, 6.45) is 4.13. The molecule has 1 N–H and O–H groups in total. The van der Waals surface area contributed by atoms with Crippen LogP contribution in [0.4, 0.5) is 4.79 Å². The van der Waals surface area contributed by atoms with Gasteiger partial charge in [0.25, 0.3) is 0 Å². The first kappa shape index (κ1) is 21.4. The van der Waals surface area contributed by atoms with E-state index in [2.05, 4.69) is 55.9 Å². The van der Waals surface area contributed by atoms with Crippen molar-refractivity contribution < 1.29 is 4.79 Å². The number of nitrogens with zero attached hydrogens (tertiary/aromatic N) is 2. The zero-order valence-electron chi connectivity index (χ0n) is 16.9. The molecule has 1 aromatic heterocycles. The molecule has 5 heteroatoms. The lowest BCUT2D eigenvalue weighted by molar-refractivity contribution is 0.155. The Morgan fingerprint density at radius 2 is 2.00 bits per heavy atom. The fraction of sp³-hybridized carbons (Fsp3) is 0.500. The molecule has 0 radical (unpaired) electrons. The van der Waals surface area contributed by atoms with Crippen LogP contribution in [0.15, 0.2) is 42.6 Å². The predicted molar refractivity (Wildman–Crippen MR) is 113 cm³/mol. The molecule has 0 saturated carbocycles. The summed E-state index contributed by atoms with van der Waals surface area (Å²) in [5, 5.41) is 3.81. The number of rotatable bonds is 9. The van der Waals surface area contributed by atoms with Gasteiger partial charge in [-0.25, -0.2) is 4.79 Å². The average Bonchev–Trinajstić information content (AvgIpc) is 3.06. The lowest BCUT2D eigenvalue weighted by Crippen LogP contribution is -2.47. The quantitative estimate of drug-likeness (QED) is 0.561. The number of hydrogen-bond donors (Lipinski definition) is 1. The van der Waals surface area contributed by atoms with Crippen molar-refractivity contribution in [3.8, 4) is 0 Å². The molecule has 1 aromatic carbocycles. The number of carbonyl (C=O) groups is 1. The molecule has 0 aliphatic rings. The van der Waals surface area contributed by atoms with Crippen LogP contribution in [0, 0.1) is 5.92 Å². The molecule has 0 saturated heterocycles. The van der Waals surface area contributed by atoms with E-state index in [9.17, 15) is 4.79 Å². The van der Waals surface area contributed by atoms with E-state index in [4.69, 9.17) is 11.6 Å². The molecule has 2 aromatic rings. The Morgan fingerprint density at radius 3 is 2.67 bits per heavy atom. The molecular formula is C22H32ClN3O. The lowest BCUT2D eigenvalue weighted by Gasteiger charge is -2.32. The van der Waals surface area contributed by atoms with Gasteiger partial charge in [0.05, 0.1) is 6.54 Å². The van der Waals surface area contributed by atoms with Gasteiger partial charge in [0, 0.05) is 36.0 Å². The number of amides is 2. The van der Waals surface area contributed by atoms with Gasteiger partial charge in [0.1, 0.15) is 0 Å². The number of carbonyl (C=O) groups excluding carboxylic acids is 1. The van der Waals surface area contributed by atoms with Crippen LogP contribution in [0.1, 0.15) is 51.8 Å². The van der Waals surface area contributed by atoms with Crippen LogP contribution in [0.5, 0.6) is 0 Å². The third kappa shape index (κ3) is 6.31. The van der Waals surface area contributed by atoms with Crippen LogP contribution in [0.25, 0.3) is 0 Å². The van der Waals surface area contributed by atoms with Crippen molar-refractivity contribution in [3.63, 3.8) is 0 Å². The Balaban J connectivity index is 2.15. The van der Waals surface area contributed by atoms with Gasteiger partial charge in [-0.05, 0) is 49.1 Å². The van der Waals surface area contributed by atoms with E-state index in [1.807, 2.05) is 29.2 Å². The molecular weight excluding hydrogens is 358 g/mol. The first-order chi connectivity index (χ1) is 12.9. The van der Waals surface area contributed by atoms with Gasteiger partial charge in [0.2, 0.25) is 0 Å². The van der Waals surface area contributed by atoms with Crippen molar-refractivity contribution in [1.82, 2.24) is 14.8 Å². The van der Waals surface area contributed by atoms with Gasteiger partial charge in [0.15, 0.2) is 0 Å². The molecule has 0 bridgehead atoms. The number of hydrogen-bond acceptors (Lipinski definition) is 1. The summed E-state index contributed by atoms with van der Waals surface area (Å²) >= 11 is 6.12. The van der Waals surface area contributed by atoms with Gasteiger partial charge in [-0.1, -0.05) is 50.9 Å². The highest BCUT2D eigenvalue weighted by Crippen LogP contribution is 2.18. The topological polar surface area (TPSA) is 37.3 Å². The maximum Gasteiger partial charge on any atom is 0.318 e. The Hall–Kier alpha value is -1.94. The normalized spacial score (nSPS) is 12.2. The molecule has 1 unspecified atom stereocenters. The number of aromatic nitrogens is 1. The highest BCUT2D eigenvalue weighted by atomic mass is 35.5. The van der Waals surface area contributed by atoms with Gasteiger partial charge in [-0.3, -0.25) is 0 Å². The van der Waals surface area contributed by atoms with Crippen molar-refractivity contribution in [3.05, 3.63) is 58.9 Å². The zero-order chi connectivity index (χ0) is 19.8. The number of unbranched alkanes of at least 4 members (excludes halogenated alkanes) is 1. The van der Waals surface area contributed by atoms with Crippen molar-refractivity contribution in [2.75, 3.05) is 6.54 Å². The second-order valence-electron chi connectivity index (χ2n) is 7.46. The number of nitrogens with one attached hydrogen (secondary N) is 1. The molecule has 1 atom stereocenters. The Bertz CT molecular complexity index is 726. The van der Waals surface area contributed by atoms with Crippen molar-refractivity contribution in [2.45, 2.75) is 59.7 Å².